The minimum Gasteiger partial charge on any atom is -0.465 e. The number of hydrogen-bond acceptors (Lipinski definition) is 3. The van der Waals surface area contributed by atoms with Gasteiger partial charge in [-0.1, -0.05) is 51.1 Å². The molecule has 31 heavy (non-hydrogen) atoms. The van der Waals surface area contributed by atoms with Gasteiger partial charge >= 0.3 is 6.09 Å². The number of piperidine rings is 1. The Bertz CT molecular complexity index is 1130. The van der Waals surface area contributed by atoms with Gasteiger partial charge in [0.2, 0.25) is 5.91 Å². The zero-order chi connectivity index (χ0) is 22.3. The summed E-state index contributed by atoms with van der Waals surface area (Å²) in [7, 11) is 0. The molecule has 2 aromatic carbocycles. The Kier molecular flexibility index (Phi) is 5.21. The molecule has 1 fully saturated rings. The fourth-order valence-corrected chi connectivity index (χ4v) is 4.90. The van der Waals surface area contributed by atoms with Gasteiger partial charge in [0.1, 0.15) is 0 Å². The molecule has 3 aromatic rings. The molecule has 3 N–H and O–H groups in total. The fraction of sp³-hybridized carbons (Fsp3) is 0.375. The summed E-state index contributed by atoms with van der Waals surface area (Å²) < 4.78 is 1.90. The van der Waals surface area contributed by atoms with Crippen LogP contribution in [0.15, 0.2) is 48.7 Å². The smallest absolute Gasteiger partial charge is 0.407 e. The van der Waals surface area contributed by atoms with Crippen molar-refractivity contribution in [3.05, 3.63) is 54.2 Å². The highest BCUT2D eigenvalue weighted by atomic mass is 16.4. The van der Waals surface area contributed by atoms with Crippen LogP contribution in [-0.2, 0) is 0 Å². The van der Waals surface area contributed by atoms with Gasteiger partial charge in [-0.3, -0.25) is 9.48 Å². The monoisotopic (exact) mass is 420 g/mol. The van der Waals surface area contributed by atoms with Crippen LogP contribution in [0.25, 0.3) is 22.0 Å². The van der Waals surface area contributed by atoms with E-state index in [0.29, 0.717) is 17.5 Å². The molecular formula is C24H28N4O3. The summed E-state index contributed by atoms with van der Waals surface area (Å²) in [5.41, 5.74) is 8.49. The van der Waals surface area contributed by atoms with Crippen LogP contribution in [0.4, 0.5) is 4.79 Å². The second kappa shape index (κ2) is 7.72. The molecule has 1 aliphatic heterocycles. The van der Waals surface area contributed by atoms with E-state index in [4.69, 9.17) is 5.73 Å². The number of rotatable bonds is 3. The Labute approximate surface area is 181 Å². The first-order chi connectivity index (χ1) is 14.7. The molecule has 0 bridgehead atoms. The van der Waals surface area contributed by atoms with E-state index >= 15 is 0 Å². The summed E-state index contributed by atoms with van der Waals surface area (Å²) in [5, 5.41) is 15.2. The summed E-state index contributed by atoms with van der Waals surface area (Å²) in [6, 6.07) is 13.2. The average molecular weight is 421 g/mol. The highest BCUT2D eigenvalue weighted by molar-refractivity contribution is 6.07. The largest absolute Gasteiger partial charge is 0.465 e. The van der Waals surface area contributed by atoms with Crippen LogP contribution in [-0.4, -0.2) is 44.4 Å². The third-order valence-electron chi connectivity index (χ3n) is 6.14. The lowest BCUT2D eigenvalue weighted by atomic mass is 9.77. The third kappa shape index (κ3) is 3.76. The van der Waals surface area contributed by atoms with Crippen molar-refractivity contribution < 1.29 is 14.7 Å². The van der Waals surface area contributed by atoms with E-state index in [1.165, 1.54) is 4.90 Å². The molecule has 2 unspecified atom stereocenters. The van der Waals surface area contributed by atoms with Crippen molar-refractivity contribution in [1.82, 2.24) is 14.7 Å². The maximum atomic E-state index is 12.2. The quantitative estimate of drug-likeness (QED) is 0.650. The van der Waals surface area contributed by atoms with E-state index in [2.05, 4.69) is 25.9 Å². The zero-order valence-corrected chi connectivity index (χ0v) is 18.1. The highest BCUT2D eigenvalue weighted by Crippen LogP contribution is 2.40. The van der Waals surface area contributed by atoms with Gasteiger partial charge in [-0.05, 0) is 41.5 Å². The van der Waals surface area contributed by atoms with Gasteiger partial charge in [-0.25, -0.2) is 4.79 Å². The summed E-state index contributed by atoms with van der Waals surface area (Å²) >= 11 is 0. The molecule has 2 amide bonds. The van der Waals surface area contributed by atoms with Crippen molar-refractivity contribution in [3.8, 4) is 11.1 Å². The Morgan fingerprint density at radius 1 is 1.13 bits per heavy atom. The van der Waals surface area contributed by atoms with Crippen LogP contribution in [0.5, 0.6) is 0 Å². The first kappa shape index (κ1) is 20.9. The molecule has 1 saturated heterocycles. The van der Waals surface area contributed by atoms with E-state index in [1.807, 2.05) is 41.1 Å². The molecule has 7 heteroatoms. The van der Waals surface area contributed by atoms with Crippen molar-refractivity contribution in [3.63, 3.8) is 0 Å². The molecule has 1 aliphatic rings. The minimum absolute atomic E-state index is 0.144. The van der Waals surface area contributed by atoms with Crippen molar-refractivity contribution in [2.75, 3.05) is 6.54 Å². The first-order valence-electron chi connectivity index (χ1n) is 10.5. The average Bonchev–Trinajstić information content (AvgIpc) is 3.16. The van der Waals surface area contributed by atoms with Crippen LogP contribution >= 0.6 is 0 Å². The van der Waals surface area contributed by atoms with Gasteiger partial charge in [-0.2, -0.15) is 5.10 Å². The fourth-order valence-electron chi connectivity index (χ4n) is 4.90. The molecule has 4 rings (SSSR count). The lowest BCUT2D eigenvalue weighted by molar-refractivity contribution is 0.0250. The van der Waals surface area contributed by atoms with Crippen molar-refractivity contribution in [1.29, 1.82) is 0 Å². The van der Waals surface area contributed by atoms with Crippen LogP contribution in [0.1, 0.15) is 50.0 Å². The van der Waals surface area contributed by atoms with Gasteiger partial charge in [-0.15, -0.1) is 0 Å². The number of carboxylic acid groups (broad SMARTS) is 1. The number of hydrogen-bond donors (Lipinski definition) is 2. The Hall–Kier alpha value is -3.35. The lowest BCUT2D eigenvalue weighted by Gasteiger charge is -2.46. The molecular weight excluding hydrogens is 392 g/mol. The minimum atomic E-state index is -0.913. The number of benzene rings is 2. The SMILES string of the molecule is CC(C)(C)C1C(n2ncc3c(C(N)=O)cc(-c4ccccc4)cc32)CCCN1C(=O)O. The Morgan fingerprint density at radius 3 is 2.45 bits per heavy atom. The van der Waals surface area contributed by atoms with Gasteiger partial charge in [0, 0.05) is 11.9 Å². The molecule has 2 heterocycles. The first-order valence-corrected chi connectivity index (χ1v) is 10.5. The van der Waals surface area contributed by atoms with Crippen molar-refractivity contribution >= 4 is 22.9 Å². The molecule has 7 nitrogen and oxygen atoms in total. The number of carbonyl (C=O) groups excluding carboxylic acids is 1. The van der Waals surface area contributed by atoms with Crippen molar-refractivity contribution in [2.24, 2.45) is 11.1 Å². The maximum absolute atomic E-state index is 12.2. The van der Waals surface area contributed by atoms with Gasteiger partial charge < -0.3 is 15.7 Å². The molecule has 0 aliphatic carbocycles. The van der Waals surface area contributed by atoms with Crippen LogP contribution in [0, 0.1) is 5.41 Å². The van der Waals surface area contributed by atoms with E-state index in [0.717, 1.165) is 29.5 Å². The number of likely N-dealkylation sites (tertiary alicyclic amines) is 1. The molecule has 2 atom stereocenters. The standard InChI is InChI=1S/C24H28N4O3/c1-24(2,3)21-19(10-7-11-27(21)23(30)31)28-20-13-16(15-8-5-4-6-9-15)12-17(22(25)29)18(20)14-26-28/h4-6,8-9,12-14,19,21H,7,10-11H2,1-3H3,(H2,25,29)(H,30,31). The van der Waals surface area contributed by atoms with Crippen LogP contribution in [0.3, 0.4) is 0 Å². The van der Waals surface area contributed by atoms with Gasteiger partial charge in [0.15, 0.2) is 0 Å². The third-order valence-corrected chi connectivity index (χ3v) is 6.14. The summed E-state index contributed by atoms with van der Waals surface area (Å²) in [6.45, 7) is 6.68. The van der Waals surface area contributed by atoms with Gasteiger partial charge in [0.25, 0.3) is 0 Å². The number of nitrogens with two attached hydrogens (primary N) is 1. The summed E-state index contributed by atoms with van der Waals surface area (Å²) in [4.78, 5) is 25.8. The number of nitrogens with zero attached hydrogens (tertiary/aromatic N) is 3. The number of carbonyl (C=O) groups is 2. The molecule has 0 radical (unpaired) electrons. The Morgan fingerprint density at radius 2 is 1.84 bits per heavy atom. The highest BCUT2D eigenvalue weighted by Gasteiger charge is 2.43. The predicted molar refractivity (Wildman–Crippen MR) is 120 cm³/mol. The number of amides is 2. The van der Waals surface area contributed by atoms with Crippen molar-refractivity contribution in [2.45, 2.75) is 45.7 Å². The lowest BCUT2D eigenvalue weighted by Crippen LogP contribution is -2.54. The second-order valence-corrected chi connectivity index (χ2v) is 9.27. The van der Waals surface area contributed by atoms with Crippen LogP contribution < -0.4 is 5.73 Å². The second-order valence-electron chi connectivity index (χ2n) is 9.27. The van der Waals surface area contributed by atoms with Crippen LogP contribution in [0.2, 0.25) is 0 Å². The maximum Gasteiger partial charge on any atom is 0.407 e. The molecule has 0 saturated carbocycles. The number of aromatic nitrogens is 2. The zero-order valence-electron chi connectivity index (χ0n) is 18.1. The predicted octanol–water partition coefficient (Wildman–Crippen LogP) is 4.53. The summed E-state index contributed by atoms with van der Waals surface area (Å²) in [5.74, 6) is -0.509. The number of primary amides is 1. The van der Waals surface area contributed by atoms with E-state index in [-0.39, 0.29) is 17.5 Å². The molecule has 0 spiro atoms. The summed E-state index contributed by atoms with van der Waals surface area (Å²) in [6.07, 6.45) is 2.32. The van der Waals surface area contributed by atoms with Gasteiger partial charge in [0.05, 0.1) is 29.4 Å². The Balaban J connectivity index is 1.92. The van der Waals surface area contributed by atoms with E-state index < -0.39 is 12.0 Å². The van der Waals surface area contributed by atoms with E-state index in [9.17, 15) is 14.7 Å². The number of fused-ring (bicyclic) bond motifs is 1. The normalized spacial score (nSPS) is 19.5. The molecule has 162 valence electrons. The molecule has 1 aromatic heterocycles. The van der Waals surface area contributed by atoms with E-state index in [1.54, 1.807) is 12.3 Å². The topological polar surface area (TPSA) is 101 Å².